The predicted octanol–water partition coefficient (Wildman–Crippen LogP) is 3.24. The summed E-state index contributed by atoms with van der Waals surface area (Å²) in [4.78, 5) is 12.6. The number of carbonyl (C=O) groups is 1. The molecule has 0 unspecified atom stereocenters. The van der Waals surface area contributed by atoms with E-state index in [1.54, 1.807) is 44.7 Å². The minimum atomic E-state index is -3.64. The minimum absolute atomic E-state index is 0.147. The average molecular weight is 415 g/mol. The summed E-state index contributed by atoms with van der Waals surface area (Å²) in [6.45, 7) is 8.04. The molecule has 2 aromatic rings. The van der Waals surface area contributed by atoms with E-state index >= 15 is 0 Å². The maximum Gasteiger partial charge on any atom is 0.257 e. The fourth-order valence-corrected chi connectivity index (χ4v) is 5.69. The van der Waals surface area contributed by atoms with Crippen molar-refractivity contribution in [3.63, 3.8) is 0 Å². The molecule has 0 aliphatic rings. The van der Waals surface area contributed by atoms with Crippen LogP contribution < -0.4 is 5.32 Å². The Hall–Kier alpha value is -1.49. The highest BCUT2D eigenvalue weighted by Crippen LogP contribution is 2.26. The van der Waals surface area contributed by atoms with E-state index in [0.29, 0.717) is 23.8 Å². The summed E-state index contributed by atoms with van der Waals surface area (Å²) in [7, 11) is -3.64. The molecule has 0 saturated carbocycles. The number of aromatic nitrogens is 2. The van der Waals surface area contributed by atoms with Gasteiger partial charge in [0.2, 0.25) is 15.2 Å². The quantitative estimate of drug-likeness (QED) is 0.527. The van der Waals surface area contributed by atoms with Gasteiger partial charge in [0, 0.05) is 18.7 Å². The van der Waals surface area contributed by atoms with Gasteiger partial charge in [-0.25, -0.2) is 8.42 Å². The van der Waals surface area contributed by atoms with Gasteiger partial charge in [-0.15, -0.1) is 10.2 Å². The lowest BCUT2D eigenvalue weighted by Crippen LogP contribution is -2.31. The number of benzene rings is 1. The van der Waals surface area contributed by atoms with Crippen LogP contribution >= 0.6 is 23.1 Å². The lowest BCUT2D eigenvalue weighted by molar-refractivity contribution is 0.102. The van der Waals surface area contributed by atoms with Crippen LogP contribution in [0.5, 0.6) is 0 Å². The number of rotatable bonds is 8. The first-order chi connectivity index (χ1) is 12.3. The summed E-state index contributed by atoms with van der Waals surface area (Å²) >= 11 is 2.83. The molecule has 0 radical (unpaired) electrons. The Morgan fingerprint density at radius 3 is 2.54 bits per heavy atom. The third-order valence-corrected chi connectivity index (χ3v) is 7.71. The van der Waals surface area contributed by atoms with Crippen molar-refractivity contribution in [1.29, 1.82) is 0 Å². The van der Waals surface area contributed by atoms with E-state index in [2.05, 4.69) is 15.5 Å². The molecule has 1 aromatic carbocycles. The number of aryl methyl sites for hydroxylation is 1. The van der Waals surface area contributed by atoms with Gasteiger partial charge in [0.25, 0.3) is 5.91 Å². The molecule has 0 spiro atoms. The van der Waals surface area contributed by atoms with E-state index in [4.69, 9.17) is 0 Å². The number of sulfonamides is 1. The standard InChI is InChI=1S/C16H22N4O3S3/c1-5-20(6-2)26(22,23)13-10-12(9-8-11(13)4)14(21)17-15-18-19-16(25-15)24-7-3/h8-10H,5-7H2,1-4H3,(H,17,18,21). The van der Waals surface area contributed by atoms with Crippen molar-refractivity contribution in [2.45, 2.75) is 36.9 Å². The number of nitrogens with one attached hydrogen (secondary N) is 1. The number of thioether (sulfide) groups is 1. The number of hydrogen-bond donors (Lipinski definition) is 1. The van der Waals surface area contributed by atoms with Crippen molar-refractivity contribution >= 4 is 44.2 Å². The van der Waals surface area contributed by atoms with Gasteiger partial charge >= 0.3 is 0 Å². The topological polar surface area (TPSA) is 92.3 Å². The molecule has 0 atom stereocenters. The Morgan fingerprint density at radius 2 is 1.92 bits per heavy atom. The highest BCUT2D eigenvalue weighted by atomic mass is 32.2. The normalized spacial score (nSPS) is 11.7. The van der Waals surface area contributed by atoms with Crippen molar-refractivity contribution in [3.05, 3.63) is 29.3 Å². The van der Waals surface area contributed by atoms with Crippen LogP contribution in [0.2, 0.25) is 0 Å². The smallest absolute Gasteiger partial charge is 0.257 e. The summed E-state index contributed by atoms with van der Waals surface area (Å²) in [5, 5.41) is 11.0. The second kappa shape index (κ2) is 8.94. The molecular weight excluding hydrogens is 392 g/mol. The molecule has 1 aromatic heterocycles. The van der Waals surface area contributed by atoms with Gasteiger partial charge in [0.15, 0.2) is 4.34 Å². The SMILES string of the molecule is CCSc1nnc(NC(=O)c2ccc(C)c(S(=O)(=O)N(CC)CC)c2)s1. The second-order valence-electron chi connectivity index (χ2n) is 5.33. The third kappa shape index (κ3) is 4.61. The Labute approximate surface area is 162 Å². The Kier molecular flexibility index (Phi) is 7.16. The number of anilines is 1. The van der Waals surface area contributed by atoms with Crippen molar-refractivity contribution in [3.8, 4) is 0 Å². The zero-order valence-corrected chi connectivity index (χ0v) is 17.6. The van der Waals surface area contributed by atoms with Crippen LogP contribution in [0.1, 0.15) is 36.7 Å². The van der Waals surface area contributed by atoms with Crippen molar-refractivity contribution in [2.24, 2.45) is 0 Å². The van der Waals surface area contributed by atoms with Crippen LogP contribution in [0.25, 0.3) is 0 Å². The molecule has 1 N–H and O–H groups in total. The number of amides is 1. The average Bonchev–Trinajstić information content (AvgIpc) is 3.03. The van der Waals surface area contributed by atoms with Crippen LogP contribution in [-0.2, 0) is 10.0 Å². The molecule has 1 heterocycles. The van der Waals surface area contributed by atoms with Crippen molar-refractivity contribution in [2.75, 3.05) is 24.2 Å². The molecule has 0 aliphatic carbocycles. The molecule has 7 nitrogen and oxygen atoms in total. The lowest BCUT2D eigenvalue weighted by Gasteiger charge is -2.20. The summed E-state index contributed by atoms with van der Waals surface area (Å²) in [6, 6.07) is 4.67. The largest absolute Gasteiger partial charge is 0.296 e. The van der Waals surface area contributed by atoms with Gasteiger partial charge in [0.05, 0.1) is 4.90 Å². The fourth-order valence-electron chi connectivity index (χ4n) is 2.33. The molecule has 0 saturated heterocycles. The van der Waals surface area contributed by atoms with Crippen LogP contribution in [0.4, 0.5) is 5.13 Å². The lowest BCUT2D eigenvalue weighted by atomic mass is 10.1. The third-order valence-electron chi connectivity index (χ3n) is 3.67. The first kappa shape index (κ1) is 20.8. The number of hydrogen-bond acceptors (Lipinski definition) is 7. The van der Waals surface area contributed by atoms with E-state index < -0.39 is 15.9 Å². The van der Waals surface area contributed by atoms with E-state index in [9.17, 15) is 13.2 Å². The van der Waals surface area contributed by atoms with Crippen LogP contribution in [0, 0.1) is 6.92 Å². The summed E-state index contributed by atoms with van der Waals surface area (Å²) < 4.78 is 27.7. The van der Waals surface area contributed by atoms with E-state index in [1.807, 2.05) is 6.92 Å². The van der Waals surface area contributed by atoms with Gasteiger partial charge in [-0.1, -0.05) is 49.9 Å². The maximum absolute atomic E-state index is 12.8. The molecule has 142 valence electrons. The zero-order valence-electron chi connectivity index (χ0n) is 15.1. The number of nitrogens with zero attached hydrogens (tertiary/aromatic N) is 3. The monoisotopic (exact) mass is 414 g/mol. The molecule has 2 rings (SSSR count). The van der Waals surface area contributed by atoms with Crippen LogP contribution in [0.15, 0.2) is 27.4 Å². The maximum atomic E-state index is 12.8. The second-order valence-corrected chi connectivity index (χ2v) is 9.72. The first-order valence-corrected chi connectivity index (χ1v) is 11.5. The number of carbonyl (C=O) groups excluding carboxylic acids is 1. The zero-order chi connectivity index (χ0) is 19.3. The molecule has 1 amide bonds. The van der Waals surface area contributed by atoms with Gasteiger partial charge in [0.1, 0.15) is 0 Å². The van der Waals surface area contributed by atoms with Crippen LogP contribution in [-0.4, -0.2) is 47.7 Å². The molecular formula is C16H22N4O3S3. The van der Waals surface area contributed by atoms with E-state index in [-0.39, 0.29) is 10.5 Å². The van der Waals surface area contributed by atoms with Crippen molar-refractivity contribution < 1.29 is 13.2 Å². The highest BCUT2D eigenvalue weighted by Gasteiger charge is 2.25. The molecule has 10 heteroatoms. The minimum Gasteiger partial charge on any atom is -0.296 e. The van der Waals surface area contributed by atoms with Gasteiger partial charge in [-0.3, -0.25) is 10.1 Å². The highest BCUT2D eigenvalue weighted by molar-refractivity contribution is 8.01. The molecule has 0 aliphatic heterocycles. The molecule has 0 bridgehead atoms. The Balaban J connectivity index is 2.29. The molecule has 0 fully saturated rings. The summed E-state index contributed by atoms with van der Waals surface area (Å²) in [6.07, 6.45) is 0. The fraction of sp³-hybridized carbons (Fsp3) is 0.438. The summed E-state index contributed by atoms with van der Waals surface area (Å²) in [5.41, 5.74) is 0.868. The first-order valence-electron chi connectivity index (χ1n) is 8.21. The van der Waals surface area contributed by atoms with Crippen molar-refractivity contribution in [1.82, 2.24) is 14.5 Å². The summed E-state index contributed by atoms with van der Waals surface area (Å²) in [5.74, 6) is 0.456. The van der Waals surface area contributed by atoms with E-state index in [0.717, 1.165) is 10.1 Å². The van der Waals surface area contributed by atoms with Gasteiger partial charge < -0.3 is 0 Å². The van der Waals surface area contributed by atoms with Gasteiger partial charge in [-0.05, 0) is 30.4 Å². The Bertz CT molecular complexity index is 877. The Morgan fingerprint density at radius 1 is 1.23 bits per heavy atom. The van der Waals surface area contributed by atoms with Crippen LogP contribution in [0.3, 0.4) is 0 Å². The molecule has 26 heavy (non-hydrogen) atoms. The van der Waals surface area contributed by atoms with Gasteiger partial charge in [-0.2, -0.15) is 4.31 Å². The predicted molar refractivity (Wildman–Crippen MR) is 106 cm³/mol. The van der Waals surface area contributed by atoms with E-state index in [1.165, 1.54) is 21.7 Å².